The van der Waals surface area contributed by atoms with Crippen molar-refractivity contribution < 1.29 is 35.6 Å². The fraction of sp³-hybridized carbons (Fsp3) is 0.350. The van der Waals surface area contributed by atoms with Gasteiger partial charge in [0.2, 0.25) is 0 Å². The predicted octanol–water partition coefficient (Wildman–Crippen LogP) is 7.03. The Balaban J connectivity index is 2.44. The molecule has 0 saturated heterocycles. The molecule has 1 aromatic heterocycles. The average Bonchev–Trinajstić information content (AvgIpc) is 2.66. The molecule has 10 heteroatoms. The molecule has 3 aromatic rings. The van der Waals surface area contributed by atoms with Crippen molar-refractivity contribution in [3.05, 3.63) is 53.2 Å². The number of hydrogen-bond donors (Lipinski definition) is 0. The molecule has 0 aliphatic heterocycles. The zero-order valence-corrected chi connectivity index (χ0v) is 17.3. The van der Waals surface area contributed by atoms with Gasteiger partial charge in [0.15, 0.2) is 0 Å². The molecule has 0 spiro atoms. The second-order valence-electron chi connectivity index (χ2n) is 6.61. The van der Waals surface area contributed by atoms with Crippen molar-refractivity contribution in [2.24, 2.45) is 0 Å². The molecule has 162 valence electrons. The molecule has 3 rings (SSSR count). The zero-order chi connectivity index (χ0) is 22.3. The van der Waals surface area contributed by atoms with Crippen LogP contribution in [0.3, 0.4) is 0 Å². The van der Waals surface area contributed by atoms with Crippen LogP contribution in [0.4, 0.5) is 22.0 Å². The van der Waals surface area contributed by atoms with Crippen molar-refractivity contribution in [2.45, 2.75) is 32.6 Å². The molecule has 0 N–H and O–H groups in total. The minimum Gasteiger partial charge on any atom is -0.304 e. The standard InChI is InChI=1S/C20H19F5NO3P/c1-4-28-30(27,29-5-2)20(24,25)18-16-11-13(19(21,22)23)7-8-14(16)15-10-12(3)6-9-17(15)26-18/h6-11H,4-5H2,1-3H3. The SMILES string of the molecule is CCOP(=O)(OCC)C(F)(F)c1nc2ccc(C)cc2c2ccc(C(F)(F)F)cc12. The van der Waals surface area contributed by atoms with E-state index in [2.05, 4.69) is 4.98 Å². The van der Waals surface area contributed by atoms with Gasteiger partial charge in [-0.05, 0) is 50.4 Å². The third-order valence-electron chi connectivity index (χ3n) is 4.50. The first kappa shape index (κ1) is 22.6. The number of rotatable bonds is 6. The summed E-state index contributed by atoms with van der Waals surface area (Å²) in [6.45, 7) is 3.80. The molecule has 0 bridgehead atoms. The van der Waals surface area contributed by atoms with Gasteiger partial charge in [-0.1, -0.05) is 17.7 Å². The van der Waals surface area contributed by atoms with Crippen molar-refractivity contribution in [1.82, 2.24) is 4.98 Å². The highest BCUT2D eigenvalue weighted by Gasteiger charge is 2.57. The second-order valence-corrected chi connectivity index (χ2v) is 8.69. The summed E-state index contributed by atoms with van der Waals surface area (Å²) in [7, 11) is -5.07. The maximum Gasteiger partial charge on any atom is 0.416 e. The monoisotopic (exact) mass is 447 g/mol. The van der Waals surface area contributed by atoms with Crippen LogP contribution in [-0.4, -0.2) is 18.2 Å². The smallest absolute Gasteiger partial charge is 0.304 e. The maximum atomic E-state index is 15.5. The van der Waals surface area contributed by atoms with E-state index in [1.54, 1.807) is 19.1 Å². The second kappa shape index (κ2) is 7.87. The van der Waals surface area contributed by atoms with Crippen LogP contribution < -0.4 is 0 Å². The van der Waals surface area contributed by atoms with E-state index in [1.165, 1.54) is 19.9 Å². The highest BCUT2D eigenvalue weighted by Crippen LogP contribution is 2.67. The number of aromatic nitrogens is 1. The molecule has 0 radical (unpaired) electrons. The Labute approximate surface area is 169 Å². The maximum absolute atomic E-state index is 15.5. The van der Waals surface area contributed by atoms with Gasteiger partial charge < -0.3 is 9.05 Å². The Morgan fingerprint density at radius 2 is 1.53 bits per heavy atom. The number of benzene rings is 2. The van der Waals surface area contributed by atoms with Crippen LogP contribution in [0.25, 0.3) is 21.7 Å². The summed E-state index contributed by atoms with van der Waals surface area (Å²) in [5.74, 6) is 0. The summed E-state index contributed by atoms with van der Waals surface area (Å²) in [4.78, 5) is 3.92. The molecular weight excluding hydrogens is 428 g/mol. The molecular formula is C20H19F5NO3P. The van der Waals surface area contributed by atoms with Gasteiger partial charge in [0, 0.05) is 10.8 Å². The lowest BCUT2D eigenvalue weighted by Gasteiger charge is -2.26. The molecule has 4 nitrogen and oxygen atoms in total. The summed E-state index contributed by atoms with van der Waals surface area (Å²) in [5, 5.41) is 0.0689. The molecule has 0 aliphatic rings. The van der Waals surface area contributed by atoms with Gasteiger partial charge in [0.05, 0.1) is 24.3 Å². The quantitative estimate of drug-likeness (QED) is 0.231. The number of nitrogens with zero attached hydrogens (tertiary/aromatic N) is 1. The van der Waals surface area contributed by atoms with Gasteiger partial charge in [-0.25, -0.2) is 4.98 Å². The minimum absolute atomic E-state index is 0.127. The number of aryl methyl sites for hydroxylation is 1. The van der Waals surface area contributed by atoms with E-state index in [0.717, 1.165) is 17.7 Å². The fourth-order valence-corrected chi connectivity index (χ4v) is 4.70. The van der Waals surface area contributed by atoms with Crippen LogP contribution in [0, 0.1) is 6.92 Å². The first-order chi connectivity index (χ1) is 13.9. The topological polar surface area (TPSA) is 48.4 Å². The number of halogens is 5. The first-order valence-corrected chi connectivity index (χ1v) is 10.7. The van der Waals surface area contributed by atoms with E-state index in [-0.39, 0.29) is 24.1 Å². The largest absolute Gasteiger partial charge is 0.416 e. The number of hydrogen-bond acceptors (Lipinski definition) is 4. The van der Waals surface area contributed by atoms with Crippen LogP contribution in [0.2, 0.25) is 0 Å². The first-order valence-electron chi connectivity index (χ1n) is 9.13. The zero-order valence-electron chi connectivity index (χ0n) is 16.4. The Kier molecular flexibility index (Phi) is 5.93. The lowest BCUT2D eigenvalue weighted by atomic mass is 10.00. The Morgan fingerprint density at radius 1 is 0.900 bits per heavy atom. The van der Waals surface area contributed by atoms with E-state index in [0.29, 0.717) is 11.5 Å². The van der Waals surface area contributed by atoms with Crippen molar-refractivity contribution in [3.8, 4) is 0 Å². The van der Waals surface area contributed by atoms with Crippen molar-refractivity contribution in [3.63, 3.8) is 0 Å². The lowest BCUT2D eigenvalue weighted by molar-refractivity contribution is -0.137. The minimum atomic E-state index is -5.07. The van der Waals surface area contributed by atoms with Gasteiger partial charge in [-0.2, -0.15) is 22.0 Å². The lowest BCUT2D eigenvalue weighted by Crippen LogP contribution is -2.20. The Hall–Kier alpha value is -2.09. The molecule has 0 aliphatic carbocycles. The summed E-state index contributed by atoms with van der Waals surface area (Å²) < 4.78 is 93.3. The molecule has 0 saturated carbocycles. The normalized spacial score (nSPS) is 13.3. The van der Waals surface area contributed by atoms with Crippen LogP contribution in [0.15, 0.2) is 36.4 Å². The number of fused-ring (bicyclic) bond motifs is 3. The van der Waals surface area contributed by atoms with Crippen molar-refractivity contribution in [2.75, 3.05) is 13.2 Å². The van der Waals surface area contributed by atoms with Crippen LogP contribution in [0.5, 0.6) is 0 Å². The van der Waals surface area contributed by atoms with E-state index >= 15 is 8.78 Å². The molecule has 0 atom stereocenters. The molecule has 0 amide bonds. The average molecular weight is 447 g/mol. The highest BCUT2D eigenvalue weighted by molar-refractivity contribution is 7.54. The van der Waals surface area contributed by atoms with Crippen LogP contribution in [-0.2, 0) is 25.5 Å². The Bertz CT molecular complexity index is 1140. The van der Waals surface area contributed by atoms with Gasteiger partial charge in [-0.15, -0.1) is 0 Å². The molecule has 30 heavy (non-hydrogen) atoms. The van der Waals surface area contributed by atoms with Crippen molar-refractivity contribution in [1.29, 1.82) is 0 Å². The molecule has 0 unspecified atom stereocenters. The van der Waals surface area contributed by atoms with Crippen LogP contribution >= 0.6 is 7.60 Å². The summed E-state index contributed by atoms with van der Waals surface area (Å²) in [6, 6.07) is 7.29. The third-order valence-corrected chi connectivity index (χ3v) is 6.60. The third kappa shape index (κ3) is 3.82. The molecule has 2 aromatic carbocycles. The van der Waals surface area contributed by atoms with Gasteiger partial charge in [0.25, 0.3) is 0 Å². The Morgan fingerprint density at radius 3 is 2.10 bits per heavy atom. The summed E-state index contributed by atoms with van der Waals surface area (Å²) in [6.07, 6.45) is -4.76. The van der Waals surface area contributed by atoms with Gasteiger partial charge in [-0.3, -0.25) is 4.57 Å². The van der Waals surface area contributed by atoms with E-state index in [9.17, 15) is 17.7 Å². The predicted molar refractivity (Wildman–Crippen MR) is 104 cm³/mol. The van der Waals surface area contributed by atoms with E-state index < -0.39 is 36.1 Å². The summed E-state index contributed by atoms with van der Waals surface area (Å²) >= 11 is 0. The number of alkyl halides is 5. The molecule has 1 heterocycles. The fourth-order valence-electron chi connectivity index (χ4n) is 3.19. The molecule has 0 fully saturated rings. The van der Waals surface area contributed by atoms with E-state index in [4.69, 9.17) is 9.05 Å². The van der Waals surface area contributed by atoms with Gasteiger partial charge in [0.1, 0.15) is 5.69 Å². The highest BCUT2D eigenvalue weighted by atomic mass is 31.2. The van der Waals surface area contributed by atoms with Crippen molar-refractivity contribution >= 4 is 29.3 Å². The van der Waals surface area contributed by atoms with E-state index in [1.807, 2.05) is 0 Å². The number of pyridine rings is 1. The van der Waals surface area contributed by atoms with Gasteiger partial charge >= 0.3 is 19.4 Å². The summed E-state index contributed by atoms with van der Waals surface area (Å²) in [5.41, 5.74) is -5.57. The van der Waals surface area contributed by atoms with Crippen LogP contribution in [0.1, 0.15) is 30.7 Å².